The summed E-state index contributed by atoms with van der Waals surface area (Å²) in [6.07, 6.45) is 7.34. The van der Waals surface area contributed by atoms with Gasteiger partial charge < -0.3 is 34.3 Å². The smallest absolute Gasteiger partial charge is 0.318 e. The molecule has 4 aromatic rings. The number of carboxylic acid groups (broad SMARTS) is 1. The molecule has 4 bridgehead atoms. The van der Waals surface area contributed by atoms with Crippen molar-refractivity contribution in [3.8, 4) is 23.3 Å². The lowest BCUT2D eigenvalue weighted by molar-refractivity contribution is -0.134. The molecular weight excluding hydrogens is 948 g/mol. The molecule has 2 N–H and O–H groups in total. The molecule has 6 aliphatic heterocycles. The molecule has 368 valence electrons. The first kappa shape index (κ1) is 54.8. The summed E-state index contributed by atoms with van der Waals surface area (Å²) >= 11 is 0. The Balaban J connectivity index is 0.000000244. The van der Waals surface area contributed by atoms with Gasteiger partial charge in [0.1, 0.15) is 24.7 Å². The summed E-state index contributed by atoms with van der Waals surface area (Å²) in [6, 6.07) is 26.3. The van der Waals surface area contributed by atoms with Crippen LogP contribution in [0.4, 0.5) is 0 Å². The van der Waals surface area contributed by atoms with E-state index in [1.807, 2.05) is 24.3 Å². The number of hydrogen-bond acceptors (Lipinski definition) is 15. The second-order valence-electron chi connectivity index (χ2n) is 16.9. The van der Waals surface area contributed by atoms with E-state index in [1.165, 1.54) is 24.1 Å². The van der Waals surface area contributed by atoms with Crippen LogP contribution in [0.5, 0.6) is 23.3 Å². The summed E-state index contributed by atoms with van der Waals surface area (Å²) in [5, 5.41) is 11.4. The minimum absolute atomic E-state index is 0. The molecule has 6 aliphatic rings. The number of hydrogen-bond donors (Lipinski definition) is 2. The largest absolute Gasteiger partial charge is 0.484 e. The zero-order valence-electron chi connectivity index (χ0n) is 35.9. The maximum Gasteiger partial charge on any atom is 0.318 e. The number of carbonyl (C=O) groups is 2. The maximum absolute atomic E-state index is 12.3. The Hall–Kier alpha value is -4.76. The fourth-order valence-electron chi connectivity index (χ4n) is 8.91. The fourth-order valence-corrected chi connectivity index (χ4v) is 9.97. The van der Waals surface area contributed by atoms with Crippen LogP contribution in [0.15, 0.2) is 85.2 Å². The molecule has 17 nitrogen and oxygen atoms in total. The summed E-state index contributed by atoms with van der Waals surface area (Å²) in [5.41, 5.74) is 4.74. The zero-order chi connectivity index (χ0) is 44.3. The van der Waals surface area contributed by atoms with Gasteiger partial charge in [-0.2, -0.15) is 0 Å². The number of aromatic nitrogens is 2. The van der Waals surface area contributed by atoms with Gasteiger partial charge in [-0.15, -0.1) is 24.8 Å². The predicted octanol–water partition coefficient (Wildman–Crippen LogP) is 4.80. The van der Waals surface area contributed by atoms with Crippen molar-refractivity contribution in [3.05, 3.63) is 107 Å². The van der Waals surface area contributed by atoms with Gasteiger partial charge >= 0.3 is 5.97 Å². The van der Waals surface area contributed by atoms with Crippen LogP contribution in [0.25, 0.3) is 0 Å². The van der Waals surface area contributed by atoms with Crippen LogP contribution < -0.4 is 24.3 Å². The first-order valence-corrected chi connectivity index (χ1v) is 25.0. The number of halogens is 2. The number of likely N-dealkylation sites (tertiary alicyclic amines) is 3. The number of carboxylic acids is 1. The maximum atomic E-state index is 12.3. The monoisotopic (exact) mass is 1010 g/mol. The van der Waals surface area contributed by atoms with E-state index in [0.29, 0.717) is 49.4 Å². The summed E-state index contributed by atoms with van der Waals surface area (Å²) in [7, 11) is -6.62. The summed E-state index contributed by atoms with van der Waals surface area (Å²) < 4.78 is 66.5. The number of aliphatic carboxylic acids is 1. The molecule has 0 aliphatic carbocycles. The number of rotatable bonds is 10. The Morgan fingerprint density at radius 2 is 1.16 bits per heavy atom. The Labute approximate surface area is 406 Å². The van der Waals surface area contributed by atoms with Gasteiger partial charge in [0.2, 0.25) is 5.91 Å². The van der Waals surface area contributed by atoms with Crippen molar-refractivity contribution in [1.82, 2.24) is 30.0 Å². The lowest BCUT2D eigenvalue weighted by atomic mass is 10.1. The third-order valence-corrected chi connectivity index (χ3v) is 13.4. The second kappa shape index (κ2) is 23.5. The van der Waals surface area contributed by atoms with Gasteiger partial charge in [-0.25, -0.2) is 26.8 Å². The molecule has 8 heterocycles. The highest BCUT2D eigenvalue weighted by atomic mass is 35.5. The number of ether oxygens (including phenoxy) is 4. The van der Waals surface area contributed by atoms with Gasteiger partial charge in [0.05, 0.1) is 0 Å². The molecule has 2 aromatic heterocycles. The number of piperazine rings is 2. The van der Waals surface area contributed by atoms with E-state index in [9.17, 15) is 26.4 Å². The van der Waals surface area contributed by atoms with Crippen molar-refractivity contribution in [1.29, 1.82) is 0 Å². The number of pyridine rings is 2. The predicted molar refractivity (Wildman–Crippen MR) is 259 cm³/mol. The van der Waals surface area contributed by atoms with Crippen molar-refractivity contribution in [3.63, 3.8) is 0 Å². The molecular formula is C46H62Cl2N6O11S2. The van der Waals surface area contributed by atoms with Crippen LogP contribution in [0.1, 0.15) is 62.2 Å². The molecule has 0 unspecified atom stereocenters. The highest BCUT2D eigenvalue weighted by Crippen LogP contribution is 2.36. The van der Waals surface area contributed by atoms with E-state index in [2.05, 4.69) is 73.6 Å². The van der Waals surface area contributed by atoms with Crippen LogP contribution in [-0.4, -0.2) is 146 Å². The van der Waals surface area contributed by atoms with Gasteiger partial charge in [0.15, 0.2) is 43.4 Å². The number of carbonyl (C=O) groups excluding carboxylic acids is 1. The highest BCUT2D eigenvalue weighted by molar-refractivity contribution is 7.91. The molecule has 0 radical (unpaired) electrons. The highest BCUT2D eigenvalue weighted by Gasteiger charge is 2.45. The Morgan fingerprint density at radius 1 is 0.672 bits per heavy atom. The first-order chi connectivity index (χ1) is 30.1. The fraction of sp³-hybridized carbons (Fsp3) is 0.478. The molecule has 67 heavy (non-hydrogen) atoms. The third kappa shape index (κ3) is 14.4. The topological polar surface area (TPSA) is 207 Å². The number of sulfone groups is 2. The van der Waals surface area contributed by atoms with Crippen molar-refractivity contribution in [2.45, 2.75) is 77.2 Å². The minimum atomic E-state index is -3.32. The summed E-state index contributed by atoms with van der Waals surface area (Å²) in [5.74, 6) is -0.273. The Kier molecular flexibility index (Phi) is 19.2. The standard InChI is InChI=1S/C22H25N3O5S.C19H21N3O2.C3H6O4S.2CH4.2ClH/c1-31(27,28)14-21(26)25-12-17-9-18(25)11-24(17)10-15-4-6-16(7-5-15)20-13-29-19-3-2-8-23-22(19)30-20;1-2-17-19(20-7-1)24-18(12-23-17)14-5-3-13(4-6-14)10-22-11-15-8-16(22)9-21-15;1-8(6,7)2-3(4)5;;;;/h2-8,17-18,20H,9-14H2,1H3;1-7,15-16,18,21H,8-12H2;2H2,1H3,(H,4,5);2*1H4;2*1H/t17-,18-,20+;15-,16-,18+;;;;;/m00...../s1. The summed E-state index contributed by atoms with van der Waals surface area (Å²) in [4.78, 5) is 37.1. The van der Waals surface area contributed by atoms with Crippen LogP contribution in [0.2, 0.25) is 0 Å². The SMILES string of the molecule is C.C.CS(=O)(=O)CC(=O)N1C[C@@H]2C[C@H]1CN2Cc1ccc([C@H]2COc3cccnc3O2)cc1.CS(=O)(=O)CC(=O)O.Cl.Cl.c1cnc2c(c1)OC[C@H](c1ccc(CN3C[C@@H]4C[C@H]3CN4)cc1)O2. The van der Waals surface area contributed by atoms with E-state index in [-0.39, 0.29) is 69.9 Å². The number of nitrogens with zero attached hydrogens (tertiary/aromatic N) is 5. The lowest BCUT2D eigenvalue weighted by Gasteiger charge is -2.34. The minimum Gasteiger partial charge on any atom is -0.484 e. The van der Waals surface area contributed by atoms with Gasteiger partial charge in [-0.1, -0.05) is 63.4 Å². The third-order valence-electron chi connectivity index (χ3n) is 11.9. The molecule has 6 atom stereocenters. The molecule has 4 fully saturated rings. The number of nitrogens with one attached hydrogen (secondary N) is 1. The van der Waals surface area contributed by atoms with Crippen LogP contribution in [-0.2, 0) is 42.4 Å². The molecule has 21 heteroatoms. The molecule has 10 rings (SSSR count). The number of amides is 1. The van der Waals surface area contributed by atoms with Gasteiger partial charge in [0, 0.05) is 88.3 Å². The van der Waals surface area contributed by atoms with E-state index in [1.54, 1.807) is 17.3 Å². The molecule has 2 aromatic carbocycles. The Bertz CT molecular complexity index is 2510. The molecule has 0 spiro atoms. The molecule has 0 saturated carbocycles. The first-order valence-electron chi connectivity index (χ1n) is 20.9. The van der Waals surface area contributed by atoms with E-state index >= 15 is 0 Å². The number of fused-ring (bicyclic) bond motifs is 6. The van der Waals surface area contributed by atoms with Crippen molar-refractivity contribution in [2.75, 3.05) is 63.4 Å². The van der Waals surface area contributed by atoms with E-state index < -0.39 is 37.1 Å². The van der Waals surface area contributed by atoms with E-state index in [4.69, 9.17) is 24.1 Å². The normalized spacial score (nSPS) is 23.0. The lowest BCUT2D eigenvalue weighted by Crippen LogP contribution is -2.49. The average molecular weight is 1010 g/mol. The van der Waals surface area contributed by atoms with Crippen LogP contribution in [0, 0.1) is 0 Å². The quantitative estimate of drug-likeness (QED) is 0.219. The van der Waals surface area contributed by atoms with Gasteiger partial charge in [-0.3, -0.25) is 19.4 Å². The van der Waals surface area contributed by atoms with Gasteiger partial charge in [-0.05, 0) is 59.4 Å². The number of benzene rings is 2. The van der Waals surface area contributed by atoms with E-state index in [0.717, 1.165) is 62.0 Å². The van der Waals surface area contributed by atoms with Crippen LogP contribution >= 0.6 is 24.8 Å². The van der Waals surface area contributed by atoms with Gasteiger partial charge in [0.25, 0.3) is 11.8 Å². The zero-order valence-corrected chi connectivity index (χ0v) is 39.2. The second-order valence-corrected chi connectivity index (χ2v) is 21.2. The van der Waals surface area contributed by atoms with Crippen molar-refractivity contribution >= 4 is 56.4 Å². The average Bonchev–Trinajstić information content (AvgIpc) is 4.06. The molecule has 4 saturated heterocycles. The van der Waals surface area contributed by atoms with Crippen molar-refractivity contribution in [2.24, 2.45) is 0 Å². The summed E-state index contributed by atoms with van der Waals surface area (Å²) in [6.45, 7) is 6.53. The Morgan fingerprint density at radius 3 is 1.55 bits per heavy atom. The van der Waals surface area contributed by atoms with Crippen molar-refractivity contribution < 1.29 is 50.5 Å². The molecule has 1 amide bonds. The van der Waals surface area contributed by atoms with Crippen LogP contribution in [0.3, 0.4) is 0 Å².